The third-order valence-electron chi connectivity index (χ3n) is 3.12. The van der Waals surface area contributed by atoms with Crippen LogP contribution in [0.5, 0.6) is 0 Å². The number of aliphatic hydroxyl groups excluding tert-OH is 1. The van der Waals surface area contributed by atoms with Gasteiger partial charge in [0.25, 0.3) is 0 Å². The Bertz CT molecular complexity index is 459. The molecule has 3 nitrogen and oxygen atoms in total. The monoisotopic (exact) mass is 249 g/mol. The van der Waals surface area contributed by atoms with Crippen LogP contribution in [0.2, 0.25) is 0 Å². The van der Waals surface area contributed by atoms with Gasteiger partial charge in [-0.2, -0.15) is 0 Å². The molecule has 1 aliphatic rings. The highest BCUT2D eigenvalue weighted by atomic mass is 19.1. The van der Waals surface area contributed by atoms with E-state index in [0.717, 1.165) is 6.42 Å². The van der Waals surface area contributed by atoms with Crippen LogP contribution in [0.4, 0.5) is 4.39 Å². The number of benzene rings is 1. The molecule has 1 fully saturated rings. The summed E-state index contributed by atoms with van der Waals surface area (Å²) < 4.78 is 12.9. The molecule has 1 heterocycles. The lowest BCUT2D eigenvalue weighted by Crippen LogP contribution is -2.27. The molecule has 1 aliphatic heterocycles. The van der Waals surface area contributed by atoms with Crippen LogP contribution in [0.25, 0.3) is 6.08 Å². The van der Waals surface area contributed by atoms with E-state index in [9.17, 15) is 9.18 Å². The number of aliphatic hydroxyl groups is 1. The van der Waals surface area contributed by atoms with Gasteiger partial charge in [-0.15, -0.1) is 0 Å². The molecule has 4 heteroatoms. The van der Waals surface area contributed by atoms with E-state index >= 15 is 0 Å². The Hall–Kier alpha value is -1.68. The first kappa shape index (κ1) is 12.8. The number of rotatable bonds is 3. The molecule has 0 saturated carbocycles. The van der Waals surface area contributed by atoms with Crippen molar-refractivity contribution in [2.45, 2.75) is 6.42 Å². The zero-order valence-electron chi connectivity index (χ0n) is 10.1. The van der Waals surface area contributed by atoms with Crippen molar-refractivity contribution < 1.29 is 14.3 Å². The molecule has 0 spiro atoms. The maximum Gasteiger partial charge on any atom is 0.246 e. The second-order valence-electron chi connectivity index (χ2n) is 4.51. The van der Waals surface area contributed by atoms with E-state index in [0.29, 0.717) is 18.7 Å². The topological polar surface area (TPSA) is 40.5 Å². The van der Waals surface area contributed by atoms with Crippen molar-refractivity contribution in [3.8, 4) is 0 Å². The first-order valence-corrected chi connectivity index (χ1v) is 6.02. The van der Waals surface area contributed by atoms with Gasteiger partial charge in [0, 0.05) is 31.7 Å². The summed E-state index contributed by atoms with van der Waals surface area (Å²) in [5, 5.41) is 9.01. The van der Waals surface area contributed by atoms with Gasteiger partial charge in [0.05, 0.1) is 0 Å². The minimum absolute atomic E-state index is 0.0878. The van der Waals surface area contributed by atoms with Crippen LogP contribution < -0.4 is 0 Å². The third-order valence-corrected chi connectivity index (χ3v) is 3.12. The van der Waals surface area contributed by atoms with Crippen molar-refractivity contribution in [1.82, 2.24) is 4.90 Å². The number of likely N-dealkylation sites (tertiary alicyclic amines) is 1. The molecular formula is C14H16FNO2. The predicted octanol–water partition coefficient (Wildman–Crippen LogP) is 1.68. The molecule has 1 N–H and O–H groups in total. The average Bonchev–Trinajstić information content (AvgIpc) is 2.85. The molecule has 2 rings (SSSR count). The highest BCUT2D eigenvalue weighted by Crippen LogP contribution is 2.16. The average molecular weight is 249 g/mol. The molecule has 18 heavy (non-hydrogen) atoms. The van der Waals surface area contributed by atoms with E-state index in [4.69, 9.17) is 5.11 Å². The Morgan fingerprint density at radius 3 is 3.06 bits per heavy atom. The molecule has 1 aromatic rings. The van der Waals surface area contributed by atoms with Gasteiger partial charge in [-0.1, -0.05) is 12.1 Å². The van der Waals surface area contributed by atoms with Crippen LogP contribution in [0.3, 0.4) is 0 Å². The Morgan fingerprint density at radius 1 is 1.56 bits per heavy atom. The largest absolute Gasteiger partial charge is 0.396 e. The minimum Gasteiger partial charge on any atom is -0.396 e. The van der Waals surface area contributed by atoms with E-state index in [2.05, 4.69) is 0 Å². The number of hydrogen-bond acceptors (Lipinski definition) is 2. The van der Waals surface area contributed by atoms with E-state index in [1.807, 2.05) is 0 Å². The molecule has 0 aliphatic carbocycles. The van der Waals surface area contributed by atoms with Gasteiger partial charge in [0.1, 0.15) is 5.82 Å². The summed E-state index contributed by atoms with van der Waals surface area (Å²) in [5.41, 5.74) is 0.668. The smallest absolute Gasteiger partial charge is 0.246 e. The Morgan fingerprint density at radius 2 is 2.39 bits per heavy atom. The van der Waals surface area contributed by atoms with Crippen LogP contribution in [-0.2, 0) is 4.79 Å². The predicted molar refractivity (Wildman–Crippen MR) is 67.2 cm³/mol. The quantitative estimate of drug-likeness (QED) is 0.828. The molecule has 0 radical (unpaired) electrons. The van der Waals surface area contributed by atoms with E-state index < -0.39 is 0 Å². The van der Waals surface area contributed by atoms with Crippen LogP contribution in [0.1, 0.15) is 12.0 Å². The number of carbonyl (C=O) groups excluding carboxylic acids is 1. The molecule has 1 saturated heterocycles. The minimum atomic E-state index is -0.314. The third kappa shape index (κ3) is 3.17. The first-order chi connectivity index (χ1) is 8.69. The highest BCUT2D eigenvalue weighted by molar-refractivity contribution is 5.91. The molecule has 1 atom stereocenters. The molecule has 0 bridgehead atoms. The van der Waals surface area contributed by atoms with Gasteiger partial charge in [-0.3, -0.25) is 4.79 Å². The number of halogens is 1. The summed E-state index contributed by atoms with van der Waals surface area (Å²) >= 11 is 0. The van der Waals surface area contributed by atoms with E-state index in [-0.39, 0.29) is 24.2 Å². The number of hydrogen-bond donors (Lipinski definition) is 1. The van der Waals surface area contributed by atoms with Crippen molar-refractivity contribution in [3.63, 3.8) is 0 Å². The number of nitrogens with zero attached hydrogens (tertiary/aromatic N) is 1. The summed E-state index contributed by atoms with van der Waals surface area (Å²) in [4.78, 5) is 13.5. The lowest BCUT2D eigenvalue weighted by Gasteiger charge is -2.13. The van der Waals surface area contributed by atoms with Gasteiger partial charge in [0.2, 0.25) is 5.91 Å². The van der Waals surface area contributed by atoms with Gasteiger partial charge in [-0.25, -0.2) is 4.39 Å². The fraction of sp³-hybridized carbons (Fsp3) is 0.357. The molecule has 96 valence electrons. The normalized spacial score (nSPS) is 19.7. The second-order valence-corrected chi connectivity index (χ2v) is 4.51. The fourth-order valence-electron chi connectivity index (χ4n) is 2.07. The highest BCUT2D eigenvalue weighted by Gasteiger charge is 2.23. The van der Waals surface area contributed by atoms with Crippen molar-refractivity contribution in [3.05, 3.63) is 41.7 Å². The number of amides is 1. The summed E-state index contributed by atoms with van der Waals surface area (Å²) in [6.45, 7) is 1.40. The summed E-state index contributed by atoms with van der Waals surface area (Å²) in [6.07, 6.45) is 3.91. The molecule has 1 unspecified atom stereocenters. The second kappa shape index (κ2) is 5.78. The first-order valence-electron chi connectivity index (χ1n) is 6.02. The van der Waals surface area contributed by atoms with Crippen LogP contribution in [0.15, 0.2) is 30.3 Å². The lowest BCUT2D eigenvalue weighted by molar-refractivity contribution is -0.125. The Labute approximate surface area is 106 Å². The summed E-state index contributed by atoms with van der Waals surface area (Å²) in [5.74, 6) is -0.210. The van der Waals surface area contributed by atoms with E-state index in [1.54, 1.807) is 23.1 Å². The lowest BCUT2D eigenvalue weighted by atomic mass is 10.1. The van der Waals surface area contributed by atoms with Crippen molar-refractivity contribution in [2.75, 3.05) is 19.7 Å². The zero-order chi connectivity index (χ0) is 13.0. The summed E-state index contributed by atoms with van der Waals surface area (Å²) in [7, 11) is 0. The molecular weight excluding hydrogens is 233 g/mol. The van der Waals surface area contributed by atoms with Crippen LogP contribution in [0, 0.1) is 11.7 Å². The van der Waals surface area contributed by atoms with Gasteiger partial charge < -0.3 is 10.0 Å². The van der Waals surface area contributed by atoms with E-state index in [1.165, 1.54) is 18.2 Å². The molecule has 0 aromatic heterocycles. The maximum absolute atomic E-state index is 12.9. The maximum atomic E-state index is 12.9. The number of carbonyl (C=O) groups is 1. The standard InChI is InChI=1S/C14H16FNO2/c15-13-3-1-2-11(8-13)4-5-14(18)16-7-6-12(9-16)10-17/h1-5,8,12,17H,6-7,9-10H2. The Kier molecular flexibility index (Phi) is 4.10. The Balaban J connectivity index is 1.95. The van der Waals surface area contributed by atoms with Crippen LogP contribution in [-0.4, -0.2) is 35.6 Å². The van der Waals surface area contributed by atoms with Gasteiger partial charge in [0.15, 0.2) is 0 Å². The fourth-order valence-corrected chi connectivity index (χ4v) is 2.07. The van der Waals surface area contributed by atoms with Crippen molar-refractivity contribution in [1.29, 1.82) is 0 Å². The van der Waals surface area contributed by atoms with Gasteiger partial charge >= 0.3 is 0 Å². The zero-order valence-corrected chi connectivity index (χ0v) is 10.1. The van der Waals surface area contributed by atoms with Crippen LogP contribution >= 0.6 is 0 Å². The van der Waals surface area contributed by atoms with Crippen molar-refractivity contribution >= 4 is 12.0 Å². The van der Waals surface area contributed by atoms with Crippen molar-refractivity contribution in [2.24, 2.45) is 5.92 Å². The summed E-state index contributed by atoms with van der Waals surface area (Å²) in [6, 6.07) is 6.10. The molecule has 1 amide bonds. The molecule has 1 aromatic carbocycles. The SMILES string of the molecule is O=C(C=Cc1cccc(F)c1)N1CCC(CO)C1. The van der Waals surface area contributed by atoms with Gasteiger partial charge in [-0.05, 0) is 30.2 Å².